The molecule has 0 aromatic rings. The van der Waals surface area contributed by atoms with Gasteiger partial charge in [-0.2, -0.15) is 0 Å². The van der Waals surface area contributed by atoms with Crippen LogP contribution in [0.1, 0.15) is 0 Å². The minimum absolute atomic E-state index is 0.0265. The van der Waals surface area contributed by atoms with E-state index in [4.69, 9.17) is 15.6 Å². The van der Waals surface area contributed by atoms with Crippen LogP contribution in [-0.4, -0.2) is 44.0 Å². The molecular formula is C6H13NO4. The average Bonchev–Trinajstić information content (AvgIpc) is 1.97. The van der Waals surface area contributed by atoms with Gasteiger partial charge in [0.15, 0.2) is 0 Å². The molecule has 0 aliphatic heterocycles. The van der Waals surface area contributed by atoms with Crippen LogP contribution in [0.5, 0.6) is 0 Å². The first-order chi connectivity index (χ1) is 5.18. The molecule has 0 aliphatic carbocycles. The third-order valence-corrected chi connectivity index (χ3v) is 1.05. The molecular weight excluding hydrogens is 150 g/mol. The van der Waals surface area contributed by atoms with Crippen LogP contribution in [0.15, 0.2) is 0 Å². The van der Waals surface area contributed by atoms with Gasteiger partial charge in [0.25, 0.3) is 0 Å². The van der Waals surface area contributed by atoms with Crippen molar-refractivity contribution in [1.29, 1.82) is 0 Å². The van der Waals surface area contributed by atoms with Crippen molar-refractivity contribution in [2.24, 2.45) is 5.73 Å². The van der Waals surface area contributed by atoms with Crippen molar-refractivity contribution >= 4 is 5.97 Å². The van der Waals surface area contributed by atoms with E-state index >= 15 is 0 Å². The third kappa shape index (κ3) is 5.78. The van der Waals surface area contributed by atoms with Gasteiger partial charge < -0.3 is 20.3 Å². The highest BCUT2D eigenvalue weighted by atomic mass is 16.5. The summed E-state index contributed by atoms with van der Waals surface area (Å²) >= 11 is 0. The van der Waals surface area contributed by atoms with Crippen LogP contribution in [0.25, 0.3) is 0 Å². The summed E-state index contributed by atoms with van der Waals surface area (Å²) in [7, 11) is 1.54. The van der Waals surface area contributed by atoms with Crippen LogP contribution in [0.3, 0.4) is 0 Å². The van der Waals surface area contributed by atoms with Crippen molar-refractivity contribution in [2.45, 2.75) is 6.04 Å². The van der Waals surface area contributed by atoms with Gasteiger partial charge in [0.05, 0.1) is 19.8 Å². The number of carboxylic acid groups (broad SMARTS) is 1. The molecule has 3 N–H and O–H groups in total. The SMILES string of the molecule is COCCOCC(N)C(=O)O. The number of nitrogens with two attached hydrogens (primary N) is 1. The van der Waals surface area contributed by atoms with E-state index in [9.17, 15) is 4.79 Å². The predicted octanol–water partition coefficient (Wildman–Crippen LogP) is -0.939. The van der Waals surface area contributed by atoms with Crippen molar-refractivity contribution < 1.29 is 19.4 Å². The second-order valence-corrected chi connectivity index (χ2v) is 2.01. The second-order valence-electron chi connectivity index (χ2n) is 2.01. The van der Waals surface area contributed by atoms with Crippen molar-refractivity contribution in [3.63, 3.8) is 0 Å². The summed E-state index contributed by atoms with van der Waals surface area (Å²) in [5, 5.41) is 8.30. The minimum atomic E-state index is -1.05. The molecule has 1 atom stereocenters. The third-order valence-electron chi connectivity index (χ3n) is 1.05. The largest absolute Gasteiger partial charge is 0.480 e. The summed E-state index contributed by atoms with van der Waals surface area (Å²) in [6.07, 6.45) is 0. The molecule has 0 aliphatic rings. The van der Waals surface area contributed by atoms with Gasteiger partial charge in [0.2, 0.25) is 0 Å². The molecule has 0 saturated carbocycles. The molecule has 0 amide bonds. The number of hydrogen-bond acceptors (Lipinski definition) is 4. The maximum atomic E-state index is 10.1. The van der Waals surface area contributed by atoms with E-state index < -0.39 is 12.0 Å². The highest BCUT2D eigenvalue weighted by Gasteiger charge is 2.10. The van der Waals surface area contributed by atoms with Gasteiger partial charge in [-0.25, -0.2) is 0 Å². The molecule has 11 heavy (non-hydrogen) atoms. The lowest BCUT2D eigenvalue weighted by molar-refractivity contribution is -0.140. The molecule has 0 heterocycles. The first kappa shape index (κ1) is 10.3. The second kappa shape index (κ2) is 6.09. The number of methoxy groups -OCH3 is 1. The number of rotatable bonds is 6. The summed E-state index contributed by atoms with van der Waals surface area (Å²) in [5.41, 5.74) is 5.13. The van der Waals surface area contributed by atoms with E-state index in [1.54, 1.807) is 7.11 Å². The Morgan fingerprint density at radius 3 is 2.73 bits per heavy atom. The van der Waals surface area contributed by atoms with Gasteiger partial charge >= 0.3 is 5.97 Å². The van der Waals surface area contributed by atoms with Gasteiger partial charge in [-0.3, -0.25) is 4.79 Å². The van der Waals surface area contributed by atoms with Crippen LogP contribution in [0.2, 0.25) is 0 Å². The normalized spacial score (nSPS) is 12.9. The van der Waals surface area contributed by atoms with Crippen LogP contribution in [0, 0.1) is 0 Å². The average molecular weight is 163 g/mol. The fourth-order valence-electron chi connectivity index (χ4n) is 0.424. The Kier molecular flexibility index (Phi) is 5.73. The molecule has 0 bridgehead atoms. The van der Waals surface area contributed by atoms with E-state index in [1.807, 2.05) is 0 Å². The van der Waals surface area contributed by atoms with Crippen LogP contribution >= 0.6 is 0 Å². The summed E-state index contributed by atoms with van der Waals surface area (Å²) in [4.78, 5) is 10.1. The molecule has 0 radical (unpaired) electrons. The molecule has 1 unspecified atom stereocenters. The van der Waals surface area contributed by atoms with Crippen molar-refractivity contribution in [2.75, 3.05) is 26.9 Å². The predicted molar refractivity (Wildman–Crippen MR) is 38.3 cm³/mol. The van der Waals surface area contributed by atoms with Crippen LogP contribution < -0.4 is 5.73 Å². The van der Waals surface area contributed by atoms with E-state index in [0.29, 0.717) is 13.2 Å². The van der Waals surface area contributed by atoms with E-state index in [2.05, 4.69) is 4.74 Å². The van der Waals surface area contributed by atoms with Crippen molar-refractivity contribution in [3.05, 3.63) is 0 Å². The Labute approximate surface area is 65.1 Å². The molecule has 0 rings (SSSR count). The number of hydrogen-bond donors (Lipinski definition) is 2. The Morgan fingerprint density at radius 2 is 2.27 bits per heavy atom. The maximum absolute atomic E-state index is 10.1. The Hall–Kier alpha value is -0.650. The monoisotopic (exact) mass is 163 g/mol. The molecule has 66 valence electrons. The zero-order valence-corrected chi connectivity index (χ0v) is 6.45. The molecule has 5 nitrogen and oxygen atoms in total. The Morgan fingerprint density at radius 1 is 1.64 bits per heavy atom. The Bertz CT molecular complexity index is 117. The van der Waals surface area contributed by atoms with E-state index in [-0.39, 0.29) is 6.61 Å². The zero-order valence-electron chi connectivity index (χ0n) is 6.45. The highest BCUT2D eigenvalue weighted by molar-refractivity contribution is 5.73. The lowest BCUT2D eigenvalue weighted by Gasteiger charge is -2.06. The van der Waals surface area contributed by atoms with Crippen LogP contribution in [0.4, 0.5) is 0 Å². The summed E-state index contributed by atoms with van der Waals surface area (Å²) in [6.45, 7) is 0.850. The number of ether oxygens (including phenoxy) is 2. The lowest BCUT2D eigenvalue weighted by atomic mass is 10.3. The zero-order chi connectivity index (χ0) is 8.69. The Balaban J connectivity index is 3.17. The standard InChI is InChI=1S/C6H13NO4/c1-10-2-3-11-4-5(7)6(8)9/h5H,2-4,7H2,1H3,(H,8,9). The van der Waals surface area contributed by atoms with E-state index in [0.717, 1.165) is 0 Å². The summed E-state index contributed by atoms with van der Waals surface area (Å²) < 4.78 is 9.54. The highest BCUT2D eigenvalue weighted by Crippen LogP contribution is 1.82. The molecule has 0 fully saturated rings. The molecule has 0 aromatic heterocycles. The maximum Gasteiger partial charge on any atom is 0.322 e. The molecule has 0 aromatic carbocycles. The summed E-state index contributed by atoms with van der Waals surface area (Å²) in [6, 6.07) is -0.938. The fraction of sp³-hybridized carbons (Fsp3) is 0.833. The number of carboxylic acids is 1. The van der Waals surface area contributed by atoms with Gasteiger partial charge in [-0.1, -0.05) is 0 Å². The topological polar surface area (TPSA) is 81.8 Å². The van der Waals surface area contributed by atoms with Gasteiger partial charge in [-0.05, 0) is 0 Å². The minimum Gasteiger partial charge on any atom is -0.480 e. The van der Waals surface area contributed by atoms with E-state index in [1.165, 1.54) is 0 Å². The van der Waals surface area contributed by atoms with Crippen molar-refractivity contribution in [1.82, 2.24) is 0 Å². The van der Waals surface area contributed by atoms with Gasteiger partial charge in [0, 0.05) is 7.11 Å². The number of carbonyl (C=O) groups is 1. The smallest absolute Gasteiger partial charge is 0.322 e. The fourth-order valence-corrected chi connectivity index (χ4v) is 0.424. The first-order valence-corrected chi connectivity index (χ1v) is 3.23. The molecule has 0 spiro atoms. The van der Waals surface area contributed by atoms with Crippen LogP contribution in [-0.2, 0) is 14.3 Å². The summed E-state index contributed by atoms with van der Waals surface area (Å²) in [5.74, 6) is -1.05. The molecule has 5 heteroatoms. The van der Waals surface area contributed by atoms with Gasteiger partial charge in [-0.15, -0.1) is 0 Å². The quantitative estimate of drug-likeness (QED) is 0.494. The first-order valence-electron chi connectivity index (χ1n) is 3.23. The lowest BCUT2D eigenvalue weighted by Crippen LogP contribution is -2.35. The van der Waals surface area contributed by atoms with Crippen molar-refractivity contribution in [3.8, 4) is 0 Å². The molecule has 0 saturated heterocycles. The van der Waals surface area contributed by atoms with Gasteiger partial charge in [0.1, 0.15) is 6.04 Å². The number of aliphatic carboxylic acids is 1.